The summed E-state index contributed by atoms with van der Waals surface area (Å²) >= 11 is 0. The van der Waals surface area contributed by atoms with Crippen molar-refractivity contribution in [3.05, 3.63) is 59.3 Å². The number of hydrogen-bond acceptors (Lipinski definition) is 1. The van der Waals surface area contributed by atoms with Gasteiger partial charge in [0.1, 0.15) is 0 Å². The Morgan fingerprint density at radius 1 is 1.25 bits per heavy atom. The number of rotatable bonds is 5. The van der Waals surface area contributed by atoms with Gasteiger partial charge in [0.2, 0.25) is 0 Å². The van der Waals surface area contributed by atoms with Gasteiger partial charge in [0.05, 0.1) is 6.61 Å². The van der Waals surface area contributed by atoms with Gasteiger partial charge in [0.25, 0.3) is 0 Å². The van der Waals surface area contributed by atoms with Crippen molar-refractivity contribution in [2.75, 3.05) is 6.61 Å². The Balaban J connectivity index is 2.73. The third kappa shape index (κ3) is 5.34. The smallest absolute Gasteiger partial charge is 0.0615 e. The third-order valence-electron chi connectivity index (χ3n) is 3.88. The zero-order valence-electron chi connectivity index (χ0n) is 13.3. The Morgan fingerprint density at radius 2 is 2.00 bits per heavy atom. The van der Waals surface area contributed by atoms with Crippen molar-refractivity contribution in [3.63, 3.8) is 0 Å². The molecule has 0 bridgehead atoms. The van der Waals surface area contributed by atoms with E-state index in [-0.39, 0.29) is 6.61 Å². The average Bonchev–Trinajstić information content (AvgIpc) is 2.37. The molecule has 0 unspecified atom stereocenters. The van der Waals surface area contributed by atoms with Crippen molar-refractivity contribution < 1.29 is 5.11 Å². The summed E-state index contributed by atoms with van der Waals surface area (Å²) in [5.41, 5.74) is 4.58. The summed E-state index contributed by atoms with van der Waals surface area (Å²) in [6.07, 6.45) is 17.9. The number of aliphatic hydroxyl groups is 1. The van der Waals surface area contributed by atoms with E-state index < -0.39 is 0 Å². The zero-order chi connectivity index (χ0) is 15.0. The molecule has 0 aromatic rings. The van der Waals surface area contributed by atoms with E-state index in [0.29, 0.717) is 5.41 Å². The topological polar surface area (TPSA) is 20.2 Å². The Morgan fingerprint density at radius 3 is 2.65 bits per heavy atom. The highest BCUT2D eigenvalue weighted by Crippen LogP contribution is 2.40. The van der Waals surface area contributed by atoms with Gasteiger partial charge in [-0.1, -0.05) is 67.5 Å². The van der Waals surface area contributed by atoms with Gasteiger partial charge in [-0.3, -0.25) is 0 Å². The maximum Gasteiger partial charge on any atom is 0.0615 e. The Labute approximate surface area is 124 Å². The minimum absolute atomic E-state index is 0.0927. The first-order valence-electron chi connectivity index (χ1n) is 7.46. The molecule has 0 radical (unpaired) electrons. The highest BCUT2D eigenvalue weighted by Gasteiger charge is 2.26. The van der Waals surface area contributed by atoms with Gasteiger partial charge in [0, 0.05) is 0 Å². The van der Waals surface area contributed by atoms with Crippen LogP contribution in [0, 0.1) is 5.41 Å². The van der Waals surface area contributed by atoms with Crippen LogP contribution < -0.4 is 0 Å². The quantitative estimate of drug-likeness (QED) is 0.689. The molecule has 1 aliphatic rings. The van der Waals surface area contributed by atoms with Crippen LogP contribution in [-0.2, 0) is 0 Å². The maximum atomic E-state index is 8.62. The zero-order valence-corrected chi connectivity index (χ0v) is 13.3. The molecule has 0 saturated carbocycles. The first-order valence-corrected chi connectivity index (χ1v) is 7.46. The standard InChI is InChI=1S/C19H28O/c1-16(10-7-5-6-8-15-20)12-13-18-17(2)11-9-14-19(18,3)4/h5-8,10,12-13,20H,9,11,14-15H2,1-4H3/b7-5+,8-6+,13-12+,16-10+. The molecular formula is C19H28O. The summed E-state index contributed by atoms with van der Waals surface area (Å²) in [6, 6.07) is 0. The second-order valence-electron chi connectivity index (χ2n) is 6.17. The van der Waals surface area contributed by atoms with Crippen LogP contribution in [0.5, 0.6) is 0 Å². The fourth-order valence-electron chi connectivity index (χ4n) is 2.69. The van der Waals surface area contributed by atoms with Crippen molar-refractivity contribution >= 4 is 0 Å². The van der Waals surface area contributed by atoms with Gasteiger partial charge in [-0.05, 0) is 44.1 Å². The molecule has 1 heteroatoms. The summed E-state index contributed by atoms with van der Waals surface area (Å²) in [5, 5.41) is 8.62. The van der Waals surface area contributed by atoms with Crippen LogP contribution in [0.15, 0.2) is 59.3 Å². The number of hydrogen-bond donors (Lipinski definition) is 1. The van der Waals surface area contributed by atoms with Gasteiger partial charge >= 0.3 is 0 Å². The lowest BCUT2D eigenvalue weighted by molar-refractivity contribution is 0.343. The fourth-order valence-corrected chi connectivity index (χ4v) is 2.69. The maximum absolute atomic E-state index is 8.62. The predicted octanol–water partition coefficient (Wildman–Crippen LogP) is 5.12. The van der Waals surface area contributed by atoms with Crippen molar-refractivity contribution in [1.29, 1.82) is 0 Å². The van der Waals surface area contributed by atoms with E-state index >= 15 is 0 Å². The van der Waals surface area contributed by atoms with Crippen molar-refractivity contribution in [2.24, 2.45) is 5.41 Å². The van der Waals surface area contributed by atoms with Crippen LogP contribution in [0.4, 0.5) is 0 Å². The minimum Gasteiger partial charge on any atom is -0.392 e. The van der Waals surface area contributed by atoms with E-state index in [9.17, 15) is 0 Å². The first-order chi connectivity index (χ1) is 9.47. The molecule has 20 heavy (non-hydrogen) atoms. The first kappa shape index (κ1) is 16.7. The number of aliphatic hydroxyl groups excluding tert-OH is 1. The monoisotopic (exact) mass is 272 g/mol. The van der Waals surface area contributed by atoms with E-state index in [1.165, 1.54) is 36.0 Å². The lowest BCUT2D eigenvalue weighted by Crippen LogP contribution is -2.19. The molecule has 1 rings (SSSR count). The number of allylic oxidation sites excluding steroid dienone is 9. The molecule has 110 valence electrons. The molecule has 0 aromatic carbocycles. The largest absolute Gasteiger partial charge is 0.392 e. The predicted molar refractivity (Wildman–Crippen MR) is 88.6 cm³/mol. The molecule has 0 aromatic heterocycles. The Hall–Kier alpha value is -1.34. The lowest BCUT2D eigenvalue weighted by Gasteiger charge is -2.32. The third-order valence-corrected chi connectivity index (χ3v) is 3.88. The van der Waals surface area contributed by atoms with Crippen molar-refractivity contribution in [3.8, 4) is 0 Å². The molecule has 1 N–H and O–H groups in total. The minimum atomic E-state index is 0.0927. The summed E-state index contributed by atoms with van der Waals surface area (Å²) in [5.74, 6) is 0. The van der Waals surface area contributed by atoms with E-state index in [0.717, 1.165) is 0 Å². The molecule has 0 saturated heterocycles. The second kappa shape index (κ2) is 8.06. The van der Waals surface area contributed by atoms with Gasteiger partial charge < -0.3 is 5.11 Å². The summed E-state index contributed by atoms with van der Waals surface area (Å²) in [7, 11) is 0. The van der Waals surface area contributed by atoms with Gasteiger partial charge in [0.15, 0.2) is 0 Å². The van der Waals surface area contributed by atoms with E-state index in [1.54, 1.807) is 6.08 Å². The highest BCUT2D eigenvalue weighted by atomic mass is 16.2. The lowest BCUT2D eigenvalue weighted by atomic mass is 9.72. The summed E-state index contributed by atoms with van der Waals surface area (Å²) in [6.45, 7) is 9.15. The molecule has 0 spiro atoms. The molecule has 0 heterocycles. The van der Waals surface area contributed by atoms with Crippen molar-refractivity contribution in [1.82, 2.24) is 0 Å². The van der Waals surface area contributed by atoms with E-state index in [2.05, 4.69) is 45.9 Å². The highest BCUT2D eigenvalue weighted by molar-refractivity contribution is 5.36. The Bertz CT molecular complexity index is 456. The fraction of sp³-hybridized carbons (Fsp3) is 0.474. The molecule has 1 nitrogen and oxygen atoms in total. The second-order valence-corrected chi connectivity index (χ2v) is 6.17. The average molecular weight is 272 g/mol. The normalized spacial score (nSPS) is 20.8. The van der Waals surface area contributed by atoms with Gasteiger partial charge in [-0.2, -0.15) is 0 Å². The Kier molecular flexibility index (Phi) is 6.74. The van der Waals surface area contributed by atoms with Crippen LogP contribution in [0.25, 0.3) is 0 Å². The van der Waals surface area contributed by atoms with Crippen LogP contribution >= 0.6 is 0 Å². The molecular weight excluding hydrogens is 244 g/mol. The summed E-state index contributed by atoms with van der Waals surface area (Å²) < 4.78 is 0. The van der Waals surface area contributed by atoms with Crippen LogP contribution in [0.3, 0.4) is 0 Å². The van der Waals surface area contributed by atoms with Gasteiger partial charge in [-0.15, -0.1) is 0 Å². The molecule has 1 aliphatic carbocycles. The van der Waals surface area contributed by atoms with Crippen LogP contribution in [0.1, 0.15) is 47.0 Å². The van der Waals surface area contributed by atoms with E-state index in [1.807, 2.05) is 18.2 Å². The molecule has 0 atom stereocenters. The molecule has 0 fully saturated rings. The van der Waals surface area contributed by atoms with Crippen molar-refractivity contribution in [2.45, 2.75) is 47.0 Å². The molecule has 0 aliphatic heterocycles. The van der Waals surface area contributed by atoms with E-state index in [4.69, 9.17) is 5.11 Å². The SMILES string of the molecule is CC1=C(/C=C/C(C)=C/C=C/C=C/CO)C(C)(C)CCC1. The molecule has 0 amide bonds. The van der Waals surface area contributed by atoms with Gasteiger partial charge in [-0.25, -0.2) is 0 Å². The van der Waals surface area contributed by atoms with Crippen LogP contribution in [0.2, 0.25) is 0 Å². The van der Waals surface area contributed by atoms with Crippen LogP contribution in [-0.4, -0.2) is 11.7 Å². The summed E-state index contributed by atoms with van der Waals surface area (Å²) in [4.78, 5) is 0.